The van der Waals surface area contributed by atoms with Crippen LogP contribution >= 0.6 is 11.6 Å². The topological polar surface area (TPSA) is 70.7 Å². The van der Waals surface area contributed by atoms with Gasteiger partial charge in [0.1, 0.15) is 0 Å². The van der Waals surface area contributed by atoms with Crippen LogP contribution in [0.3, 0.4) is 0 Å². The van der Waals surface area contributed by atoms with Gasteiger partial charge in [0.05, 0.1) is 28.9 Å². The Morgan fingerprint density at radius 3 is 2.61 bits per heavy atom. The monoisotopic (exact) mass is 352 g/mol. The first kappa shape index (κ1) is 17.7. The number of aryl methyl sites for hydroxylation is 1. The molecule has 0 saturated carbocycles. The van der Waals surface area contributed by atoms with E-state index in [-0.39, 0.29) is 11.6 Å². The van der Waals surface area contributed by atoms with Crippen molar-refractivity contribution in [3.63, 3.8) is 0 Å². The number of nitrogens with zero attached hydrogens (tertiary/aromatic N) is 4. The Balaban J connectivity index is 2.19. The van der Waals surface area contributed by atoms with E-state index in [0.29, 0.717) is 16.4 Å². The maximum atomic E-state index is 13.0. The highest BCUT2D eigenvalue weighted by Crippen LogP contribution is 2.39. The van der Waals surface area contributed by atoms with Crippen LogP contribution in [0.25, 0.3) is 0 Å². The van der Waals surface area contributed by atoms with Crippen LogP contribution in [-0.4, -0.2) is 43.9 Å². The third-order valence-electron chi connectivity index (χ3n) is 3.75. The van der Waals surface area contributed by atoms with Gasteiger partial charge >= 0.3 is 6.18 Å². The van der Waals surface area contributed by atoms with E-state index in [9.17, 15) is 23.1 Å². The van der Waals surface area contributed by atoms with Crippen LogP contribution in [0.1, 0.15) is 24.7 Å². The molecule has 0 unspecified atom stereocenters. The van der Waals surface area contributed by atoms with Crippen molar-refractivity contribution in [1.82, 2.24) is 14.8 Å². The van der Waals surface area contributed by atoms with Crippen molar-refractivity contribution in [2.45, 2.75) is 45.6 Å². The van der Waals surface area contributed by atoms with Crippen molar-refractivity contribution in [1.29, 1.82) is 0 Å². The molecule has 0 radical (unpaired) electrons. The SMILES string of the molecule is Cc1nn(C[C@H](C)C(=O)N2N=CC[C@@]2(O)C(F)(F)F)c(C)c1Cl. The van der Waals surface area contributed by atoms with Gasteiger partial charge in [-0.25, -0.2) is 0 Å². The standard InChI is InChI=1S/C13H16ClF3N4O2/c1-7(6-20-9(3)10(14)8(2)19-20)11(22)21-12(23,4-5-18-21)13(15,16)17/h5,7,23H,4,6H2,1-3H3/t7-,12+/m0/s1. The van der Waals surface area contributed by atoms with Gasteiger partial charge in [0, 0.05) is 12.6 Å². The highest BCUT2D eigenvalue weighted by molar-refractivity contribution is 6.31. The molecule has 0 spiro atoms. The minimum Gasteiger partial charge on any atom is -0.362 e. The van der Waals surface area contributed by atoms with Gasteiger partial charge in [-0.2, -0.15) is 28.4 Å². The molecule has 23 heavy (non-hydrogen) atoms. The highest BCUT2D eigenvalue weighted by Gasteiger charge is 2.61. The smallest absolute Gasteiger partial charge is 0.362 e. The number of carbonyl (C=O) groups excluding carboxylic acids is 1. The van der Waals surface area contributed by atoms with E-state index in [1.54, 1.807) is 13.8 Å². The molecule has 0 aromatic carbocycles. The lowest BCUT2D eigenvalue weighted by Crippen LogP contribution is -2.57. The average molecular weight is 353 g/mol. The summed E-state index contributed by atoms with van der Waals surface area (Å²) >= 11 is 6.00. The van der Waals surface area contributed by atoms with Gasteiger partial charge in [-0.05, 0) is 13.8 Å². The number of halogens is 4. The minimum atomic E-state index is -5.00. The summed E-state index contributed by atoms with van der Waals surface area (Å²) in [6, 6.07) is 0. The molecule has 2 heterocycles. The molecule has 6 nitrogen and oxygen atoms in total. The third-order valence-corrected chi connectivity index (χ3v) is 4.29. The molecule has 1 amide bonds. The van der Waals surface area contributed by atoms with Crippen molar-refractivity contribution in [3.8, 4) is 0 Å². The summed E-state index contributed by atoms with van der Waals surface area (Å²) in [5.41, 5.74) is -2.12. The fourth-order valence-corrected chi connectivity index (χ4v) is 2.44. The second kappa shape index (κ2) is 5.79. The molecule has 0 aliphatic carbocycles. The number of hydrogen-bond acceptors (Lipinski definition) is 4. The van der Waals surface area contributed by atoms with Crippen LogP contribution in [0.5, 0.6) is 0 Å². The highest BCUT2D eigenvalue weighted by atomic mass is 35.5. The van der Waals surface area contributed by atoms with E-state index in [4.69, 9.17) is 11.6 Å². The molecule has 2 rings (SSSR count). The Morgan fingerprint density at radius 1 is 1.52 bits per heavy atom. The lowest BCUT2D eigenvalue weighted by molar-refractivity contribution is -0.303. The van der Waals surface area contributed by atoms with Crippen LogP contribution in [0.4, 0.5) is 13.2 Å². The van der Waals surface area contributed by atoms with E-state index in [1.807, 2.05) is 0 Å². The number of rotatable bonds is 3. The summed E-state index contributed by atoms with van der Waals surface area (Å²) in [6.45, 7) is 4.85. The van der Waals surface area contributed by atoms with E-state index in [2.05, 4.69) is 10.2 Å². The van der Waals surface area contributed by atoms with Gasteiger partial charge in [0.15, 0.2) is 0 Å². The molecule has 1 N–H and O–H groups in total. The lowest BCUT2D eigenvalue weighted by atomic mass is 10.1. The molecule has 0 saturated heterocycles. The normalized spacial score (nSPS) is 22.7. The van der Waals surface area contributed by atoms with E-state index >= 15 is 0 Å². The van der Waals surface area contributed by atoms with Gasteiger partial charge in [0.2, 0.25) is 5.91 Å². The molecule has 1 aromatic heterocycles. The lowest BCUT2D eigenvalue weighted by Gasteiger charge is -2.33. The zero-order valence-corrected chi connectivity index (χ0v) is 13.5. The summed E-state index contributed by atoms with van der Waals surface area (Å²) in [7, 11) is 0. The fraction of sp³-hybridized carbons (Fsp3) is 0.615. The molecule has 0 fully saturated rings. The predicted octanol–water partition coefficient (Wildman–Crippen LogP) is 2.26. The molecule has 1 aliphatic rings. The Hall–Kier alpha value is -1.61. The van der Waals surface area contributed by atoms with Crippen molar-refractivity contribution < 1.29 is 23.1 Å². The first-order valence-electron chi connectivity index (χ1n) is 6.84. The molecule has 10 heteroatoms. The number of amides is 1. The van der Waals surface area contributed by atoms with Crippen molar-refractivity contribution in [3.05, 3.63) is 16.4 Å². The summed E-state index contributed by atoms with van der Waals surface area (Å²) in [6.07, 6.45) is -4.92. The van der Waals surface area contributed by atoms with Crippen LogP contribution in [0.2, 0.25) is 5.02 Å². The average Bonchev–Trinajstić information content (AvgIpc) is 2.95. The fourth-order valence-electron chi connectivity index (χ4n) is 2.31. The van der Waals surface area contributed by atoms with Gasteiger partial charge in [0.25, 0.3) is 5.72 Å². The van der Waals surface area contributed by atoms with Crippen LogP contribution in [-0.2, 0) is 11.3 Å². The van der Waals surface area contributed by atoms with Crippen molar-refractivity contribution >= 4 is 23.7 Å². The zero-order chi connectivity index (χ0) is 17.6. The molecule has 0 bridgehead atoms. The molecular weight excluding hydrogens is 337 g/mol. The van der Waals surface area contributed by atoms with Gasteiger partial charge in [-0.3, -0.25) is 9.48 Å². The zero-order valence-electron chi connectivity index (χ0n) is 12.7. The molecule has 128 valence electrons. The first-order chi connectivity index (χ1) is 10.5. The summed E-state index contributed by atoms with van der Waals surface area (Å²) in [4.78, 5) is 12.3. The maximum Gasteiger partial charge on any atom is 0.438 e. The van der Waals surface area contributed by atoms with Crippen molar-refractivity contribution in [2.75, 3.05) is 0 Å². The van der Waals surface area contributed by atoms with E-state index in [1.165, 1.54) is 11.6 Å². The number of carbonyl (C=O) groups is 1. The van der Waals surface area contributed by atoms with Crippen LogP contribution in [0, 0.1) is 19.8 Å². The van der Waals surface area contributed by atoms with Gasteiger partial charge in [-0.15, -0.1) is 0 Å². The Kier molecular flexibility index (Phi) is 4.46. The quantitative estimate of drug-likeness (QED) is 0.907. The van der Waals surface area contributed by atoms with Crippen LogP contribution < -0.4 is 0 Å². The Morgan fingerprint density at radius 2 is 2.13 bits per heavy atom. The number of aliphatic hydroxyl groups is 1. The minimum absolute atomic E-state index is 0.0260. The van der Waals surface area contributed by atoms with E-state index < -0.39 is 30.1 Å². The summed E-state index contributed by atoms with van der Waals surface area (Å²) < 4.78 is 40.5. The number of hydrazone groups is 1. The first-order valence-corrected chi connectivity index (χ1v) is 7.22. The van der Waals surface area contributed by atoms with E-state index in [0.717, 1.165) is 6.21 Å². The van der Waals surface area contributed by atoms with Crippen molar-refractivity contribution in [2.24, 2.45) is 11.0 Å². The Bertz CT molecular complexity index is 658. The molecule has 2 atom stereocenters. The predicted molar refractivity (Wildman–Crippen MR) is 76.8 cm³/mol. The second-order valence-corrected chi connectivity index (χ2v) is 5.91. The largest absolute Gasteiger partial charge is 0.438 e. The number of aromatic nitrogens is 2. The number of hydrogen-bond donors (Lipinski definition) is 1. The molecular formula is C13H16ClF3N4O2. The third kappa shape index (κ3) is 2.94. The second-order valence-electron chi connectivity index (χ2n) is 5.53. The summed E-state index contributed by atoms with van der Waals surface area (Å²) in [5.74, 6) is -1.82. The van der Waals surface area contributed by atoms with Gasteiger partial charge in [-0.1, -0.05) is 18.5 Å². The maximum absolute atomic E-state index is 13.0. The summed E-state index contributed by atoms with van der Waals surface area (Å²) in [5, 5.41) is 17.9. The Labute approximate surface area is 135 Å². The number of alkyl halides is 3. The molecule has 1 aromatic rings. The van der Waals surface area contributed by atoms with Crippen LogP contribution in [0.15, 0.2) is 5.10 Å². The van der Waals surface area contributed by atoms with Gasteiger partial charge < -0.3 is 5.11 Å². The molecule has 1 aliphatic heterocycles.